The Kier molecular flexibility index (Phi) is 25.0. The van der Waals surface area contributed by atoms with E-state index >= 15 is 0 Å². The van der Waals surface area contributed by atoms with Crippen molar-refractivity contribution in [2.45, 2.75) is 96.7 Å². The normalized spacial score (nSPS) is 17.4. The number of fused-ring (bicyclic) bond motifs is 15. The highest BCUT2D eigenvalue weighted by atomic mass is 16.5. The molecule has 0 radical (unpaired) electrons. The fourth-order valence-corrected chi connectivity index (χ4v) is 17.4. The fourth-order valence-electron chi connectivity index (χ4n) is 17.4. The summed E-state index contributed by atoms with van der Waals surface area (Å²) in [6.45, 7) is 13.9. The van der Waals surface area contributed by atoms with Crippen molar-refractivity contribution in [3.05, 3.63) is 153 Å². The molecule has 37 nitrogen and oxygen atoms in total. The van der Waals surface area contributed by atoms with Crippen LogP contribution >= 0.6 is 0 Å². The number of carbonyl (C=O) groups excluding carboxylic acids is 3. The zero-order valence-corrected chi connectivity index (χ0v) is 73.7. The Morgan fingerprint density at radius 1 is 0.344 bits per heavy atom. The molecule has 3 amide bonds. The molecule has 6 bridgehead atoms. The number of nitrogens with zero attached hydrogens (tertiary/aromatic N) is 24. The van der Waals surface area contributed by atoms with Gasteiger partial charge in [-0.15, -0.1) is 17.8 Å². The Balaban J connectivity index is 0.000000127. The van der Waals surface area contributed by atoms with Crippen LogP contribution in [0.1, 0.15) is 77.0 Å². The summed E-state index contributed by atoms with van der Waals surface area (Å²) in [5, 5.41) is 11.0. The summed E-state index contributed by atoms with van der Waals surface area (Å²) in [7, 11) is 8.06. The number of rotatable bonds is 10. The van der Waals surface area contributed by atoms with Crippen molar-refractivity contribution < 1.29 is 33.3 Å². The van der Waals surface area contributed by atoms with Gasteiger partial charge in [0.15, 0.2) is 88.9 Å². The third-order valence-corrected chi connectivity index (χ3v) is 24.7. The van der Waals surface area contributed by atoms with E-state index in [1.54, 1.807) is 78.4 Å². The van der Waals surface area contributed by atoms with Gasteiger partial charge in [-0.3, -0.25) is 43.5 Å². The number of pyridine rings is 3. The molecule has 3 fully saturated rings. The molecule has 9 aliphatic heterocycles. The van der Waals surface area contributed by atoms with Gasteiger partial charge in [-0.25, -0.2) is 58.0 Å². The number of piperazine rings is 3. The van der Waals surface area contributed by atoms with Crippen molar-refractivity contribution in [2.24, 2.45) is 0 Å². The number of benzene rings is 3. The van der Waals surface area contributed by atoms with Gasteiger partial charge in [-0.2, -0.15) is 15.0 Å². The lowest BCUT2D eigenvalue weighted by Crippen LogP contribution is -2.44. The first-order valence-corrected chi connectivity index (χ1v) is 44.8. The largest absolute Gasteiger partial charge is 0.497 e. The van der Waals surface area contributed by atoms with Gasteiger partial charge in [-0.05, 0) is 145 Å². The van der Waals surface area contributed by atoms with Gasteiger partial charge in [0.25, 0.3) is 34.4 Å². The molecule has 131 heavy (non-hydrogen) atoms. The smallest absolute Gasteiger partial charge is 0.279 e. The first-order chi connectivity index (χ1) is 64.1. The quantitative estimate of drug-likeness (QED) is 0.108. The van der Waals surface area contributed by atoms with Crippen LogP contribution in [0.15, 0.2) is 136 Å². The second-order valence-corrected chi connectivity index (χ2v) is 33.5. The van der Waals surface area contributed by atoms with E-state index in [2.05, 4.69) is 147 Å². The molecular formula is C94H101N27O10. The Hall–Kier alpha value is -14.9. The molecule has 3 aromatic carbocycles. The number of likely N-dealkylation sites (N-methyl/N-ethyl adjacent to an activating group) is 3. The first kappa shape index (κ1) is 85.6. The summed E-state index contributed by atoms with van der Waals surface area (Å²) in [4.78, 5) is 141. The van der Waals surface area contributed by atoms with E-state index in [9.17, 15) is 28.8 Å². The summed E-state index contributed by atoms with van der Waals surface area (Å²) in [6, 6.07) is 33.0. The molecule has 3 N–H and O–H groups in total. The average molecular weight is 1770 g/mol. The summed E-state index contributed by atoms with van der Waals surface area (Å²) in [5.41, 5.74) is 6.16. The zero-order chi connectivity index (χ0) is 89.6. The fraction of sp³-hybridized carbons (Fsp3) is 0.394. The third kappa shape index (κ3) is 18.4. The van der Waals surface area contributed by atoms with Crippen LogP contribution in [0.3, 0.4) is 0 Å². The van der Waals surface area contributed by atoms with Crippen LogP contribution in [0.2, 0.25) is 0 Å². The maximum absolute atomic E-state index is 13.7. The van der Waals surface area contributed by atoms with Crippen LogP contribution < -0.4 is 81.0 Å². The summed E-state index contributed by atoms with van der Waals surface area (Å²) >= 11 is 0. The van der Waals surface area contributed by atoms with Gasteiger partial charge < -0.3 is 64.3 Å². The number of aromatic nitrogens is 15. The molecule has 0 spiro atoms. The highest BCUT2D eigenvalue weighted by Crippen LogP contribution is 2.38. The molecule has 672 valence electrons. The highest BCUT2D eigenvalue weighted by molar-refractivity contribution is 5.99. The molecule has 9 aromatic heterocycles. The molecule has 9 aliphatic rings. The van der Waals surface area contributed by atoms with Crippen molar-refractivity contribution in [1.82, 2.24) is 87.6 Å². The van der Waals surface area contributed by atoms with E-state index in [4.69, 9.17) is 48.9 Å². The molecular weight excluding hydrogens is 1670 g/mol. The van der Waals surface area contributed by atoms with Crippen molar-refractivity contribution in [1.29, 1.82) is 0 Å². The Morgan fingerprint density at radius 2 is 0.710 bits per heavy atom. The van der Waals surface area contributed by atoms with Gasteiger partial charge in [0.1, 0.15) is 41.5 Å². The molecule has 0 atom stereocenters. The van der Waals surface area contributed by atoms with Crippen LogP contribution in [0.25, 0.3) is 50.6 Å². The van der Waals surface area contributed by atoms with E-state index in [1.165, 1.54) is 32.1 Å². The van der Waals surface area contributed by atoms with Crippen LogP contribution in [0, 0.1) is 35.5 Å². The number of hydrogen-bond acceptors (Lipinski definition) is 28. The SMILES string of the molecule is CN1CCN(c2ccc(Nc3ncc4c(=O)n5n(c4n3)-c3ccc4c(n3)N(CCCCCC#CC5)C(=O)CO4)cc2)CC1.CN1CCN(c2cccc(Nc3ncc4c(=O)n5n(c4n3)-c3ccc4c(n3)N(CCCCCC#CC5)C(=O)CO4)c2)CC1.COc1cc(Nc2ncc3c(=O)n4n(c3n2)-c2ccc3c(n2)N(CCCCCC#CC4)C(=O)CO3)cc(N2CCN(C)CC2)c1. The second-order valence-electron chi connectivity index (χ2n) is 33.5. The number of amides is 3. The minimum Gasteiger partial charge on any atom is -0.497 e. The standard InChI is InChI=1S/C32H35N9O4.2C31H33N9O3/c1-37-13-15-38(16-14-37)23-17-22(18-24(19-23)44-2)34-32-33-20-25-29(36-32)41-27-10-9-26-30(35-27)39(28(42)21-45-26)11-7-5-3-4-6-8-12-40(41)31(25)43;1-36-16-18-37(19-17-36)23-10-8-22(9-11-23)33-31-32-20-24-28(35-31)40-26-13-12-25-29(34-26)38(27(41)21-43-25)14-6-4-2-3-5-7-15-39(40)30(24)42;1-36-15-17-37(18-16-36)23-10-8-9-22(19-23)33-31-32-20-24-28(35-31)40-26-12-11-25-29(34-26)38(27(41)21-43-25)13-6-4-2-3-5-7-14-39(40)30(24)42/h9-10,17-20H,3-5,7,11-16,21H2,1-2H3,(H,33,34,36);8-13,20H,2-4,6,14-19,21H2,1H3,(H,32,33,35);8-12,19-20H,2-4,6,13-18,21H2,1H3,(H,32,33,35). The number of nitrogens with one attached hydrogen (secondary N) is 3. The van der Waals surface area contributed by atoms with Gasteiger partial charge in [0, 0.05) is 182 Å². The number of hydrogen-bond donors (Lipinski definition) is 3. The molecule has 18 heterocycles. The van der Waals surface area contributed by atoms with E-state index in [0.29, 0.717) is 135 Å². The zero-order valence-electron chi connectivity index (χ0n) is 73.7. The lowest BCUT2D eigenvalue weighted by Gasteiger charge is -2.34. The van der Waals surface area contributed by atoms with Crippen LogP contribution in [0.4, 0.5) is 69.4 Å². The van der Waals surface area contributed by atoms with Gasteiger partial charge >= 0.3 is 0 Å². The number of anilines is 12. The first-order valence-electron chi connectivity index (χ1n) is 44.8. The van der Waals surface area contributed by atoms with Crippen LogP contribution in [-0.4, -0.2) is 252 Å². The van der Waals surface area contributed by atoms with Crippen molar-refractivity contribution >= 4 is 120 Å². The minimum absolute atomic E-state index is 0.0186. The van der Waals surface area contributed by atoms with E-state index < -0.39 is 0 Å². The Morgan fingerprint density at radius 3 is 1.11 bits per heavy atom. The van der Waals surface area contributed by atoms with Crippen LogP contribution in [-0.2, 0) is 34.0 Å². The lowest BCUT2D eigenvalue weighted by molar-refractivity contribution is -0.122. The highest BCUT2D eigenvalue weighted by Gasteiger charge is 2.34. The Bertz CT molecular complexity index is 6760. The molecule has 37 heteroatoms. The van der Waals surface area contributed by atoms with Crippen LogP contribution in [0.5, 0.6) is 23.0 Å². The van der Waals surface area contributed by atoms with E-state index in [1.807, 2.05) is 36.4 Å². The topological polar surface area (TPSA) is 350 Å². The predicted molar refractivity (Wildman–Crippen MR) is 500 cm³/mol. The molecule has 3 saturated heterocycles. The van der Waals surface area contributed by atoms with E-state index in [0.717, 1.165) is 178 Å². The van der Waals surface area contributed by atoms with Gasteiger partial charge in [-0.1, -0.05) is 43.1 Å². The number of methoxy groups -OCH3 is 1. The molecule has 12 aromatic rings. The summed E-state index contributed by atoms with van der Waals surface area (Å²) < 4.78 is 32.3. The maximum Gasteiger partial charge on any atom is 0.279 e. The average Bonchev–Trinajstić information content (AvgIpc) is 1.59. The predicted octanol–water partition coefficient (Wildman–Crippen LogP) is 8.33. The van der Waals surface area contributed by atoms with Gasteiger partial charge in [0.2, 0.25) is 17.8 Å². The van der Waals surface area contributed by atoms with Gasteiger partial charge in [0.05, 0.1) is 7.11 Å². The lowest BCUT2D eigenvalue weighted by atomic mass is 10.2. The second kappa shape index (κ2) is 38.2. The number of ether oxygens (including phenoxy) is 4. The molecule has 0 unspecified atom stereocenters. The van der Waals surface area contributed by atoms with E-state index in [-0.39, 0.29) is 73.9 Å². The molecule has 0 aliphatic carbocycles. The van der Waals surface area contributed by atoms with Crippen molar-refractivity contribution in [2.75, 3.05) is 192 Å². The number of carbonyl (C=O) groups is 3. The van der Waals surface area contributed by atoms with Crippen molar-refractivity contribution in [3.8, 4) is 76.0 Å². The minimum atomic E-state index is -0.277. The Labute approximate surface area is 754 Å². The molecule has 0 saturated carbocycles. The monoisotopic (exact) mass is 1770 g/mol. The van der Waals surface area contributed by atoms with Crippen molar-refractivity contribution in [3.63, 3.8) is 0 Å². The maximum atomic E-state index is 13.7. The molecule has 21 rings (SSSR count). The summed E-state index contributed by atoms with van der Waals surface area (Å²) in [6.07, 6.45) is 14.9. The third-order valence-electron chi connectivity index (χ3n) is 24.7. The summed E-state index contributed by atoms with van der Waals surface area (Å²) in [5.74, 6) is 24.6.